The van der Waals surface area contributed by atoms with Crippen LogP contribution in [0.5, 0.6) is 0 Å². The summed E-state index contributed by atoms with van der Waals surface area (Å²) < 4.78 is 5.39. The lowest BCUT2D eigenvalue weighted by atomic mass is 9.96. The van der Waals surface area contributed by atoms with Gasteiger partial charge in [0.15, 0.2) is 5.82 Å². The second-order valence-electron chi connectivity index (χ2n) is 8.40. The van der Waals surface area contributed by atoms with Crippen molar-refractivity contribution in [2.24, 2.45) is 5.92 Å². The minimum Gasteiger partial charge on any atom is -0.378 e. The van der Waals surface area contributed by atoms with Gasteiger partial charge in [-0.1, -0.05) is 23.7 Å². The van der Waals surface area contributed by atoms with Crippen LogP contribution < -0.4 is 15.1 Å². The molecule has 2 aromatic heterocycles. The Morgan fingerprint density at radius 3 is 2.35 bits per heavy atom. The topological polar surface area (TPSA) is 96.4 Å². The number of morpholine rings is 1. The van der Waals surface area contributed by atoms with Gasteiger partial charge in [-0.05, 0) is 37.1 Å². The summed E-state index contributed by atoms with van der Waals surface area (Å²) in [6, 6.07) is 13.3. The number of hydrogen-bond donors (Lipinski definition) is 1. The van der Waals surface area contributed by atoms with Crippen LogP contribution in [0.4, 0.5) is 17.5 Å². The van der Waals surface area contributed by atoms with Gasteiger partial charge in [-0.25, -0.2) is 9.97 Å². The minimum atomic E-state index is -0.0700. The van der Waals surface area contributed by atoms with Crippen molar-refractivity contribution in [2.75, 3.05) is 54.5 Å². The van der Waals surface area contributed by atoms with Crippen LogP contribution in [0.3, 0.4) is 0 Å². The van der Waals surface area contributed by atoms with E-state index in [1.165, 1.54) is 6.33 Å². The number of piperidine rings is 1. The Morgan fingerprint density at radius 2 is 1.65 bits per heavy atom. The molecule has 0 atom stereocenters. The van der Waals surface area contributed by atoms with E-state index in [2.05, 4.69) is 35.3 Å². The predicted octanol–water partition coefficient (Wildman–Crippen LogP) is 3.28. The molecule has 0 unspecified atom stereocenters. The molecule has 1 amide bonds. The van der Waals surface area contributed by atoms with Crippen molar-refractivity contribution in [3.8, 4) is 11.3 Å². The highest BCUT2D eigenvalue weighted by molar-refractivity contribution is 6.30. The molecule has 5 rings (SSSR count). The molecule has 0 aliphatic carbocycles. The summed E-state index contributed by atoms with van der Waals surface area (Å²) in [4.78, 5) is 25.7. The lowest BCUT2D eigenvalue weighted by Crippen LogP contribution is -2.39. The number of ether oxygens (including phenoxy) is 1. The van der Waals surface area contributed by atoms with Crippen LogP contribution in [-0.4, -0.2) is 65.5 Å². The van der Waals surface area contributed by atoms with Crippen LogP contribution in [0.25, 0.3) is 11.3 Å². The third kappa shape index (κ3) is 5.26. The summed E-state index contributed by atoms with van der Waals surface area (Å²) in [5, 5.41) is 12.4. The van der Waals surface area contributed by atoms with Gasteiger partial charge < -0.3 is 19.9 Å². The maximum Gasteiger partial charge on any atom is 0.228 e. The minimum absolute atomic E-state index is 0.00421. The molecule has 2 saturated heterocycles. The quantitative estimate of drug-likeness (QED) is 0.595. The highest BCUT2D eigenvalue weighted by Crippen LogP contribution is 2.25. The highest BCUT2D eigenvalue weighted by atomic mass is 35.5. The number of nitrogens with one attached hydrogen (secondary N) is 1. The number of rotatable bonds is 5. The number of nitrogens with zero attached hydrogens (tertiary/aromatic N) is 6. The number of anilines is 3. The Balaban J connectivity index is 1.15. The van der Waals surface area contributed by atoms with Crippen LogP contribution in [0.2, 0.25) is 5.02 Å². The van der Waals surface area contributed by atoms with Gasteiger partial charge >= 0.3 is 0 Å². The van der Waals surface area contributed by atoms with Crippen molar-refractivity contribution in [2.45, 2.75) is 12.8 Å². The maximum absolute atomic E-state index is 12.9. The summed E-state index contributed by atoms with van der Waals surface area (Å²) >= 11 is 5.96. The molecule has 2 aliphatic rings. The van der Waals surface area contributed by atoms with Crippen molar-refractivity contribution >= 4 is 35.0 Å². The van der Waals surface area contributed by atoms with E-state index < -0.39 is 0 Å². The van der Waals surface area contributed by atoms with E-state index in [0.717, 1.165) is 61.9 Å². The zero-order chi connectivity index (χ0) is 23.3. The number of amides is 1. The summed E-state index contributed by atoms with van der Waals surface area (Å²) in [5.74, 6) is 2.09. The molecule has 34 heavy (non-hydrogen) atoms. The standard InChI is InChI=1S/C24H26ClN7O2/c25-19-3-1-17(2-4-19)20-5-6-22(30-29-20)31-9-7-18(8-10-31)24(33)28-21-15-23(27-16-26-21)32-11-13-34-14-12-32/h1-6,15-16,18H,7-14H2,(H,26,27,28,33). The first kappa shape index (κ1) is 22.5. The number of halogens is 1. The van der Waals surface area contributed by atoms with Crippen LogP contribution in [0, 0.1) is 5.92 Å². The Morgan fingerprint density at radius 1 is 0.912 bits per heavy atom. The number of hydrogen-bond acceptors (Lipinski definition) is 8. The van der Waals surface area contributed by atoms with Crippen molar-refractivity contribution in [1.29, 1.82) is 0 Å². The van der Waals surface area contributed by atoms with Gasteiger partial charge in [0, 0.05) is 48.7 Å². The van der Waals surface area contributed by atoms with E-state index in [9.17, 15) is 4.79 Å². The molecule has 2 aliphatic heterocycles. The Kier molecular flexibility index (Phi) is 6.82. The second-order valence-corrected chi connectivity index (χ2v) is 8.83. The summed E-state index contributed by atoms with van der Waals surface area (Å²) in [6.07, 6.45) is 2.98. The molecule has 1 N–H and O–H groups in total. The van der Waals surface area contributed by atoms with Crippen LogP contribution in [-0.2, 0) is 9.53 Å². The number of carbonyl (C=O) groups excluding carboxylic acids is 1. The Hall–Kier alpha value is -3.30. The Bertz CT molecular complexity index is 1110. The maximum atomic E-state index is 12.9. The molecule has 3 aromatic rings. The largest absolute Gasteiger partial charge is 0.378 e. The molecular weight excluding hydrogens is 454 g/mol. The summed E-state index contributed by atoms with van der Waals surface area (Å²) in [6.45, 7) is 4.42. The molecule has 4 heterocycles. The van der Waals surface area contributed by atoms with Crippen LogP contribution in [0.15, 0.2) is 48.8 Å². The van der Waals surface area contributed by atoms with Gasteiger partial charge in [0.1, 0.15) is 18.0 Å². The lowest BCUT2D eigenvalue weighted by molar-refractivity contribution is -0.120. The monoisotopic (exact) mass is 479 g/mol. The zero-order valence-electron chi connectivity index (χ0n) is 18.7. The molecule has 0 bridgehead atoms. The van der Waals surface area contributed by atoms with Gasteiger partial charge in [0.05, 0.1) is 18.9 Å². The summed E-state index contributed by atoms with van der Waals surface area (Å²) in [5.41, 5.74) is 1.77. The van der Waals surface area contributed by atoms with E-state index in [1.54, 1.807) is 0 Å². The molecule has 0 spiro atoms. The second kappa shape index (κ2) is 10.3. The molecule has 0 saturated carbocycles. The average molecular weight is 480 g/mol. The fourth-order valence-electron chi connectivity index (χ4n) is 4.25. The summed E-state index contributed by atoms with van der Waals surface area (Å²) in [7, 11) is 0. The average Bonchev–Trinajstić information content (AvgIpc) is 2.90. The van der Waals surface area contributed by atoms with Gasteiger partial charge in [-0.2, -0.15) is 0 Å². The number of benzene rings is 1. The predicted molar refractivity (Wildman–Crippen MR) is 131 cm³/mol. The third-order valence-electron chi connectivity index (χ3n) is 6.22. The first-order valence-electron chi connectivity index (χ1n) is 11.5. The molecule has 0 radical (unpaired) electrons. The fraction of sp³-hybridized carbons (Fsp3) is 0.375. The third-order valence-corrected chi connectivity index (χ3v) is 6.47. The van der Waals surface area contributed by atoms with Crippen LogP contribution in [0.1, 0.15) is 12.8 Å². The molecular formula is C24H26ClN7O2. The van der Waals surface area contributed by atoms with Crippen molar-refractivity contribution in [1.82, 2.24) is 20.2 Å². The van der Waals surface area contributed by atoms with Gasteiger partial charge in [-0.3, -0.25) is 4.79 Å². The fourth-order valence-corrected chi connectivity index (χ4v) is 4.37. The van der Waals surface area contributed by atoms with E-state index >= 15 is 0 Å². The van der Waals surface area contributed by atoms with Gasteiger partial charge in [0.25, 0.3) is 0 Å². The van der Waals surface area contributed by atoms with E-state index in [0.29, 0.717) is 24.1 Å². The first-order valence-corrected chi connectivity index (χ1v) is 11.8. The van der Waals surface area contributed by atoms with E-state index in [4.69, 9.17) is 16.3 Å². The first-order chi connectivity index (χ1) is 16.7. The van der Waals surface area contributed by atoms with Crippen molar-refractivity contribution in [3.63, 3.8) is 0 Å². The highest BCUT2D eigenvalue weighted by Gasteiger charge is 2.26. The number of carbonyl (C=O) groups is 1. The Labute approximate surface area is 203 Å². The van der Waals surface area contributed by atoms with Gasteiger partial charge in [0.2, 0.25) is 5.91 Å². The van der Waals surface area contributed by atoms with E-state index in [1.807, 2.05) is 42.5 Å². The van der Waals surface area contributed by atoms with Crippen LogP contribution >= 0.6 is 11.6 Å². The lowest BCUT2D eigenvalue weighted by Gasteiger charge is -2.31. The molecule has 176 valence electrons. The number of aromatic nitrogens is 4. The zero-order valence-corrected chi connectivity index (χ0v) is 19.5. The van der Waals surface area contributed by atoms with E-state index in [-0.39, 0.29) is 11.8 Å². The normalized spacial score (nSPS) is 17.0. The molecule has 10 heteroatoms. The molecule has 2 fully saturated rings. The smallest absolute Gasteiger partial charge is 0.228 e. The molecule has 1 aromatic carbocycles. The van der Waals surface area contributed by atoms with Gasteiger partial charge in [-0.15, -0.1) is 10.2 Å². The SMILES string of the molecule is O=C(Nc1cc(N2CCOCC2)ncn1)C1CCN(c2ccc(-c3ccc(Cl)cc3)nn2)CC1. The van der Waals surface area contributed by atoms with Crippen molar-refractivity contribution < 1.29 is 9.53 Å². The van der Waals surface area contributed by atoms with Crippen molar-refractivity contribution in [3.05, 3.63) is 53.8 Å². The molecule has 9 nitrogen and oxygen atoms in total.